The first-order chi connectivity index (χ1) is 9.72. The van der Waals surface area contributed by atoms with Crippen LogP contribution < -0.4 is 14.2 Å². The summed E-state index contributed by atoms with van der Waals surface area (Å²) in [5.41, 5.74) is 1.05. The highest BCUT2D eigenvalue weighted by molar-refractivity contribution is 9.10. The molecule has 0 saturated heterocycles. The maximum atomic E-state index is 5.65. The molecule has 1 heterocycles. The largest absolute Gasteiger partial charge is 0.497 e. The SMILES string of the molecule is CCOc1cc(OCc2ccc(OC)cc2)ncc1Br. The fraction of sp³-hybridized carbons (Fsp3) is 0.267. The van der Waals surface area contributed by atoms with E-state index >= 15 is 0 Å². The Bertz CT molecular complexity index is 558. The molecule has 0 aliphatic rings. The maximum Gasteiger partial charge on any atom is 0.217 e. The van der Waals surface area contributed by atoms with Crippen LogP contribution in [0, 0.1) is 0 Å². The van der Waals surface area contributed by atoms with Gasteiger partial charge in [-0.2, -0.15) is 0 Å². The van der Waals surface area contributed by atoms with Crippen molar-refractivity contribution in [3.63, 3.8) is 0 Å². The van der Waals surface area contributed by atoms with Gasteiger partial charge in [-0.3, -0.25) is 0 Å². The molecule has 5 heteroatoms. The second kappa shape index (κ2) is 7.14. The van der Waals surface area contributed by atoms with Crippen LogP contribution in [0.4, 0.5) is 0 Å². The van der Waals surface area contributed by atoms with Crippen LogP contribution in [0.2, 0.25) is 0 Å². The highest BCUT2D eigenvalue weighted by Crippen LogP contribution is 2.27. The summed E-state index contributed by atoms with van der Waals surface area (Å²) in [4.78, 5) is 4.20. The van der Waals surface area contributed by atoms with E-state index in [2.05, 4.69) is 20.9 Å². The van der Waals surface area contributed by atoms with Gasteiger partial charge in [-0.1, -0.05) is 12.1 Å². The number of aromatic nitrogens is 1. The second-order valence-electron chi connectivity index (χ2n) is 4.02. The van der Waals surface area contributed by atoms with E-state index in [4.69, 9.17) is 14.2 Å². The lowest BCUT2D eigenvalue weighted by molar-refractivity contribution is 0.287. The van der Waals surface area contributed by atoms with Crippen molar-refractivity contribution in [2.24, 2.45) is 0 Å². The lowest BCUT2D eigenvalue weighted by atomic mass is 10.2. The molecule has 0 atom stereocenters. The molecule has 0 fully saturated rings. The van der Waals surface area contributed by atoms with E-state index in [1.807, 2.05) is 31.2 Å². The van der Waals surface area contributed by atoms with Crippen molar-refractivity contribution in [2.45, 2.75) is 13.5 Å². The molecule has 0 spiro atoms. The summed E-state index contributed by atoms with van der Waals surface area (Å²) in [6.45, 7) is 2.98. The molecule has 0 bridgehead atoms. The number of ether oxygens (including phenoxy) is 3. The fourth-order valence-electron chi connectivity index (χ4n) is 1.63. The zero-order valence-electron chi connectivity index (χ0n) is 11.4. The quantitative estimate of drug-likeness (QED) is 0.803. The minimum atomic E-state index is 0.449. The minimum Gasteiger partial charge on any atom is -0.497 e. The number of halogens is 1. The Morgan fingerprint density at radius 3 is 2.55 bits per heavy atom. The number of hydrogen-bond acceptors (Lipinski definition) is 4. The van der Waals surface area contributed by atoms with Crippen molar-refractivity contribution in [2.75, 3.05) is 13.7 Å². The van der Waals surface area contributed by atoms with Crippen LogP contribution >= 0.6 is 15.9 Å². The van der Waals surface area contributed by atoms with Gasteiger partial charge in [0, 0.05) is 12.3 Å². The van der Waals surface area contributed by atoms with Gasteiger partial charge in [-0.25, -0.2) is 4.98 Å². The Balaban J connectivity index is 2.00. The van der Waals surface area contributed by atoms with Crippen LogP contribution in [0.1, 0.15) is 12.5 Å². The van der Waals surface area contributed by atoms with Crippen molar-refractivity contribution >= 4 is 15.9 Å². The third-order valence-electron chi connectivity index (χ3n) is 2.64. The average molecular weight is 338 g/mol. The minimum absolute atomic E-state index is 0.449. The smallest absolute Gasteiger partial charge is 0.217 e. The molecule has 20 heavy (non-hydrogen) atoms. The molecule has 1 aromatic heterocycles. The first-order valence-electron chi connectivity index (χ1n) is 6.27. The Morgan fingerprint density at radius 1 is 1.15 bits per heavy atom. The van der Waals surface area contributed by atoms with Crippen LogP contribution in [-0.2, 0) is 6.61 Å². The van der Waals surface area contributed by atoms with Crippen LogP contribution in [0.5, 0.6) is 17.4 Å². The molecule has 0 amide bonds. The van der Waals surface area contributed by atoms with Gasteiger partial charge in [0.1, 0.15) is 18.1 Å². The summed E-state index contributed by atoms with van der Waals surface area (Å²) in [5, 5.41) is 0. The molecule has 4 nitrogen and oxygen atoms in total. The van der Waals surface area contributed by atoms with E-state index in [-0.39, 0.29) is 0 Å². The Morgan fingerprint density at radius 2 is 1.90 bits per heavy atom. The summed E-state index contributed by atoms with van der Waals surface area (Å²) in [5.74, 6) is 2.09. The lowest BCUT2D eigenvalue weighted by Gasteiger charge is -2.09. The molecule has 0 unspecified atom stereocenters. The molecule has 0 saturated carbocycles. The van der Waals surface area contributed by atoms with Gasteiger partial charge in [0.05, 0.1) is 18.2 Å². The summed E-state index contributed by atoms with van der Waals surface area (Å²) in [6.07, 6.45) is 1.67. The standard InChI is InChI=1S/C15H16BrNO3/c1-3-19-14-8-15(17-9-13(14)16)20-10-11-4-6-12(18-2)7-5-11/h4-9H,3,10H2,1-2H3. The van der Waals surface area contributed by atoms with Crippen molar-refractivity contribution in [1.29, 1.82) is 0 Å². The van der Waals surface area contributed by atoms with Crippen LogP contribution in [0.15, 0.2) is 41.0 Å². The Labute approximate surface area is 126 Å². The van der Waals surface area contributed by atoms with Gasteiger partial charge >= 0.3 is 0 Å². The average Bonchev–Trinajstić information content (AvgIpc) is 2.49. The zero-order valence-corrected chi connectivity index (χ0v) is 13.0. The summed E-state index contributed by atoms with van der Waals surface area (Å²) >= 11 is 3.39. The molecule has 2 rings (SSSR count). The molecule has 0 N–H and O–H groups in total. The first kappa shape index (κ1) is 14.7. The topological polar surface area (TPSA) is 40.6 Å². The van der Waals surface area contributed by atoms with Gasteiger partial charge in [-0.15, -0.1) is 0 Å². The molecular formula is C15H16BrNO3. The van der Waals surface area contributed by atoms with E-state index in [0.717, 1.165) is 21.5 Å². The third kappa shape index (κ3) is 3.87. The molecule has 0 radical (unpaired) electrons. The predicted octanol–water partition coefficient (Wildman–Crippen LogP) is 3.83. The van der Waals surface area contributed by atoms with Crippen molar-refractivity contribution in [1.82, 2.24) is 4.98 Å². The van der Waals surface area contributed by atoms with Crippen molar-refractivity contribution in [3.05, 3.63) is 46.6 Å². The molecule has 106 valence electrons. The maximum absolute atomic E-state index is 5.65. The Hall–Kier alpha value is -1.75. The van der Waals surface area contributed by atoms with Crippen LogP contribution in [0.3, 0.4) is 0 Å². The lowest BCUT2D eigenvalue weighted by Crippen LogP contribution is -1.99. The molecular weight excluding hydrogens is 322 g/mol. The molecule has 0 aliphatic carbocycles. The molecule has 0 aliphatic heterocycles. The fourth-order valence-corrected chi connectivity index (χ4v) is 1.96. The van der Waals surface area contributed by atoms with Gasteiger partial charge in [0.25, 0.3) is 0 Å². The van der Waals surface area contributed by atoms with Gasteiger partial charge < -0.3 is 14.2 Å². The van der Waals surface area contributed by atoms with Gasteiger partial charge in [0.2, 0.25) is 5.88 Å². The predicted molar refractivity (Wildman–Crippen MR) is 80.4 cm³/mol. The summed E-state index contributed by atoms with van der Waals surface area (Å²) in [6, 6.07) is 9.50. The van der Waals surface area contributed by atoms with Gasteiger partial charge in [-0.05, 0) is 40.5 Å². The number of hydrogen-bond donors (Lipinski definition) is 0. The van der Waals surface area contributed by atoms with E-state index in [9.17, 15) is 0 Å². The summed E-state index contributed by atoms with van der Waals surface area (Å²) in [7, 11) is 1.65. The third-order valence-corrected chi connectivity index (χ3v) is 3.24. The second-order valence-corrected chi connectivity index (χ2v) is 4.88. The normalized spacial score (nSPS) is 10.2. The van der Waals surface area contributed by atoms with Crippen molar-refractivity contribution < 1.29 is 14.2 Å². The van der Waals surface area contributed by atoms with E-state index in [1.165, 1.54) is 0 Å². The Kier molecular flexibility index (Phi) is 5.24. The van der Waals surface area contributed by atoms with E-state index < -0.39 is 0 Å². The van der Waals surface area contributed by atoms with Crippen molar-refractivity contribution in [3.8, 4) is 17.4 Å². The highest BCUT2D eigenvalue weighted by Gasteiger charge is 2.05. The number of nitrogens with zero attached hydrogens (tertiary/aromatic N) is 1. The van der Waals surface area contributed by atoms with Crippen LogP contribution in [0.25, 0.3) is 0 Å². The molecule has 2 aromatic rings. The van der Waals surface area contributed by atoms with Gasteiger partial charge in [0.15, 0.2) is 0 Å². The number of pyridine rings is 1. The summed E-state index contributed by atoms with van der Waals surface area (Å²) < 4.78 is 17.1. The van der Waals surface area contributed by atoms with Crippen LogP contribution in [-0.4, -0.2) is 18.7 Å². The molecule has 1 aromatic carbocycles. The zero-order chi connectivity index (χ0) is 14.4. The number of methoxy groups -OCH3 is 1. The first-order valence-corrected chi connectivity index (χ1v) is 7.06. The monoisotopic (exact) mass is 337 g/mol. The van der Waals surface area contributed by atoms with E-state index in [0.29, 0.717) is 19.1 Å². The van der Waals surface area contributed by atoms with E-state index in [1.54, 1.807) is 19.4 Å². The number of rotatable bonds is 6. The highest BCUT2D eigenvalue weighted by atomic mass is 79.9. The number of benzene rings is 1.